The fourth-order valence-electron chi connectivity index (χ4n) is 1.92. The second-order valence-corrected chi connectivity index (χ2v) is 4.46. The number of aromatic nitrogens is 2. The van der Waals surface area contributed by atoms with Gasteiger partial charge in [-0.3, -0.25) is 4.68 Å². The Morgan fingerprint density at radius 2 is 2.05 bits per heavy atom. The van der Waals surface area contributed by atoms with Gasteiger partial charge < -0.3 is 5.32 Å². The van der Waals surface area contributed by atoms with Gasteiger partial charge in [0.2, 0.25) is 0 Å². The Morgan fingerprint density at radius 1 is 1.25 bits per heavy atom. The molecule has 0 unspecified atom stereocenters. The van der Waals surface area contributed by atoms with Crippen LogP contribution in [-0.4, -0.2) is 16.3 Å². The fourth-order valence-corrected chi connectivity index (χ4v) is 1.92. The first-order valence-corrected chi connectivity index (χ1v) is 6.38. The molecule has 0 aliphatic heterocycles. The minimum atomic E-state index is -4.31. The molecule has 0 aliphatic rings. The Kier molecular flexibility index (Phi) is 4.44. The van der Waals surface area contributed by atoms with Gasteiger partial charge in [0.05, 0.1) is 17.8 Å². The number of hydrogen-bond acceptors (Lipinski definition) is 2. The fraction of sp³-hybridized carbons (Fsp3) is 0.357. The predicted molar refractivity (Wildman–Crippen MR) is 70.2 cm³/mol. The van der Waals surface area contributed by atoms with Crippen LogP contribution in [0.25, 0.3) is 0 Å². The molecule has 108 valence electrons. The molecule has 1 aromatic carbocycles. The smallest absolute Gasteiger partial charge is 0.311 e. The average Bonchev–Trinajstić information content (AvgIpc) is 2.83. The molecular formula is C14H16F3N3. The van der Waals surface area contributed by atoms with Crippen molar-refractivity contribution in [2.75, 3.05) is 6.54 Å². The number of alkyl halides is 3. The van der Waals surface area contributed by atoms with E-state index >= 15 is 0 Å². The van der Waals surface area contributed by atoms with E-state index in [4.69, 9.17) is 0 Å². The summed E-state index contributed by atoms with van der Waals surface area (Å²) >= 11 is 0. The van der Waals surface area contributed by atoms with E-state index in [1.807, 2.05) is 13.0 Å². The number of nitrogens with one attached hydrogen (secondary N) is 1. The molecule has 0 fully saturated rings. The topological polar surface area (TPSA) is 29.9 Å². The highest BCUT2D eigenvalue weighted by Crippen LogP contribution is 2.29. The van der Waals surface area contributed by atoms with E-state index in [1.165, 1.54) is 12.1 Å². The van der Waals surface area contributed by atoms with Crippen molar-refractivity contribution < 1.29 is 13.2 Å². The molecule has 3 nitrogen and oxygen atoms in total. The van der Waals surface area contributed by atoms with Gasteiger partial charge in [0, 0.05) is 12.7 Å². The number of benzene rings is 1. The highest BCUT2D eigenvalue weighted by molar-refractivity contribution is 5.26. The Bertz CT molecular complexity index is 561. The van der Waals surface area contributed by atoms with Crippen LogP contribution in [0, 0.1) is 0 Å². The zero-order valence-electron chi connectivity index (χ0n) is 11.1. The zero-order valence-corrected chi connectivity index (χ0v) is 11.1. The molecular weight excluding hydrogens is 267 g/mol. The van der Waals surface area contributed by atoms with Crippen LogP contribution in [0.1, 0.15) is 23.7 Å². The standard InChI is InChI=1S/C14H16F3N3/c1-2-18-9-13-6-7-19-20(13)10-11-4-3-5-12(8-11)14(15,16)17/h3-8,18H,2,9-10H2,1H3. The molecule has 1 heterocycles. The van der Waals surface area contributed by atoms with Crippen molar-refractivity contribution in [3.8, 4) is 0 Å². The summed E-state index contributed by atoms with van der Waals surface area (Å²) in [5.74, 6) is 0. The number of halogens is 3. The SMILES string of the molecule is CCNCc1ccnn1Cc1cccc(C(F)(F)F)c1. The Balaban J connectivity index is 2.16. The van der Waals surface area contributed by atoms with Crippen LogP contribution in [0.5, 0.6) is 0 Å². The number of nitrogens with zero attached hydrogens (tertiary/aromatic N) is 2. The van der Waals surface area contributed by atoms with E-state index in [0.29, 0.717) is 18.7 Å². The summed E-state index contributed by atoms with van der Waals surface area (Å²) in [6, 6.07) is 7.20. The molecule has 6 heteroatoms. The summed E-state index contributed by atoms with van der Waals surface area (Å²) in [5.41, 5.74) is 0.904. The van der Waals surface area contributed by atoms with Crippen molar-refractivity contribution in [1.29, 1.82) is 0 Å². The average molecular weight is 283 g/mol. The summed E-state index contributed by atoms with van der Waals surface area (Å²) in [6.07, 6.45) is -2.66. The molecule has 0 atom stereocenters. The molecule has 0 radical (unpaired) electrons. The van der Waals surface area contributed by atoms with Gasteiger partial charge >= 0.3 is 6.18 Å². The second-order valence-electron chi connectivity index (χ2n) is 4.46. The molecule has 1 aromatic heterocycles. The minimum Gasteiger partial charge on any atom is -0.311 e. The summed E-state index contributed by atoms with van der Waals surface area (Å²) in [5, 5.41) is 7.32. The van der Waals surface area contributed by atoms with E-state index in [2.05, 4.69) is 10.4 Å². The van der Waals surface area contributed by atoms with Crippen LogP contribution >= 0.6 is 0 Å². The predicted octanol–water partition coefficient (Wildman–Crippen LogP) is 3.06. The lowest BCUT2D eigenvalue weighted by molar-refractivity contribution is -0.137. The van der Waals surface area contributed by atoms with Crippen LogP contribution in [0.15, 0.2) is 36.5 Å². The van der Waals surface area contributed by atoms with Gasteiger partial charge in [0.1, 0.15) is 0 Å². The zero-order chi connectivity index (χ0) is 14.6. The van der Waals surface area contributed by atoms with Crippen molar-refractivity contribution >= 4 is 0 Å². The number of rotatable bonds is 5. The lowest BCUT2D eigenvalue weighted by atomic mass is 10.1. The van der Waals surface area contributed by atoms with E-state index in [1.54, 1.807) is 16.9 Å². The van der Waals surface area contributed by atoms with Gasteiger partial charge in [-0.25, -0.2) is 0 Å². The highest BCUT2D eigenvalue weighted by atomic mass is 19.4. The molecule has 1 N–H and O–H groups in total. The van der Waals surface area contributed by atoms with E-state index < -0.39 is 11.7 Å². The van der Waals surface area contributed by atoms with Crippen LogP contribution in [0.4, 0.5) is 13.2 Å². The Morgan fingerprint density at radius 3 is 2.75 bits per heavy atom. The maximum Gasteiger partial charge on any atom is 0.416 e. The molecule has 0 aliphatic carbocycles. The molecule has 0 spiro atoms. The van der Waals surface area contributed by atoms with Gasteiger partial charge in [0.15, 0.2) is 0 Å². The molecule has 2 rings (SSSR count). The van der Waals surface area contributed by atoms with Crippen LogP contribution in [0.3, 0.4) is 0 Å². The van der Waals surface area contributed by atoms with Gasteiger partial charge in [-0.2, -0.15) is 18.3 Å². The lowest BCUT2D eigenvalue weighted by Crippen LogP contribution is -2.16. The lowest BCUT2D eigenvalue weighted by Gasteiger charge is -2.11. The monoisotopic (exact) mass is 283 g/mol. The quantitative estimate of drug-likeness (QED) is 0.914. The van der Waals surface area contributed by atoms with Crippen molar-refractivity contribution in [2.45, 2.75) is 26.2 Å². The Hall–Kier alpha value is -1.82. The first-order valence-electron chi connectivity index (χ1n) is 6.38. The molecule has 20 heavy (non-hydrogen) atoms. The van der Waals surface area contributed by atoms with E-state index in [-0.39, 0.29) is 0 Å². The van der Waals surface area contributed by atoms with E-state index in [9.17, 15) is 13.2 Å². The summed E-state index contributed by atoms with van der Waals surface area (Å²) < 4.78 is 39.7. The third-order valence-electron chi connectivity index (χ3n) is 2.95. The second kappa shape index (κ2) is 6.09. The normalized spacial score (nSPS) is 11.8. The third kappa shape index (κ3) is 3.60. The molecule has 0 saturated heterocycles. The number of hydrogen-bond donors (Lipinski definition) is 1. The minimum absolute atomic E-state index is 0.331. The summed E-state index contributed by atoms with van der Waals surface area (Å²) in [7, 11) is 0. The van der Waals surface area contributed by atoms with Crippen molar-refractivity contribution in [1.82, 2.24) is 15.1 Å². The van der Waals surface area contributed by atoms with Crippen LogP contribution < -0.4 is 5.32 Å². The van der Waals surface area contributed by atoms with Gasteiger partial charge in [-0.15, -0.1) is 0 Å². The largest absolute Gasteiger partial charge is 0.416 e. The van der Waals surface area contributed by atoms with Crippen molar-refractivity contribution in [3.05, 3.63) is 53.3 Å². The van der Waals surface area contributed by atoms with E-state index in [0.717, 1.165) is 18.3 Å². The Labute approximate surface area is 115 Å². The third-order valence-corrected chi connectivity index (χ3v) is 2.95. The summed E-state index contributed by atoms with van der Waals surface area (Å²) in [6.45, 7) is 3.80. The molecule has 0 bridgehead atoms. The first kappa shape index (κ1) is 14.6. The maximum absolute atomic E-state index is 12.7. The first-order chi connectivity index (χ1) is 9.50. The van der Waals surface area contributed by atoms with Crippen LogP contribution in [-0.2, 0) is 19.3 Å². The van der Waals surface area contributed by atoms with Gasteiger partial charge in [-0.05, 0) is 30.3 Å². The molecule has 2 aromatic rings. The van der Waals surface area contributed by atoms with Gasteiger partial charge in [-0.1, -0.05) is 19.1 Å². The summed E-state index contributed by atoms with van der Waals surface area (Å²) in [4.78, 5) is 0. The van der Waals surface area contributed by atoms with Crippen LogP contribution in [0.2, 0.25) is 0 Å². The van der Waals surface area contributed by atoms with Crippen molar-refractivity contribution in [2.24, 2.45) is 0 Å². The molecule has 0 amide bonds. The maximum atomic E-state index is 12.7. The molecule has 0 saturated carbocycles. The van der Waals surface area contributed by atoms with Gasteiger partial charge in [0.25, 0.3) is 0 Å². The highest BCUT2D eigenvalue weighted by Gasteiger charge is 2.30. The van der Waals surface area contributed by atoms with Crippen molar-refractivity contribution in [3.63, 3.8) is 0 Å².